The fourth-order valence-corrected chi connectivity index (χ4v) is 9.23. The lowest BCUT2D eigenvalue weighted by Crippen LogP contribution is -2.47. The van der Waals surface area contributed by atoms with Gasteiger partial charge in [0, 0.05) is 37.9 Å². The van der Waals surface area contributed by atoms with Gasteiger partial charge in [0.25, 0.3) is 0 Å². The van der Waals surface area contributed by atoms with E-state index in [9.17, 15) is 26.4 Å². The summed E-state index contributed by atoms with van der Waals surface area (Å²) in [4.78, 5) is 29.6. The number of fused-ring (bicyclic) bond motifs is 1. The third kappa shape index (κ3) is 10.8. The number of carbonyl (C=O) groups excluding carboxylic acids is 2. The molecule has 4 heterocycles. The lowest BCUT2D eigenvalue weighted by atomic mass is 9.91. The van der Waals surface area contributed by atoms with Crippen LogP contribution >= 0.6 is 0 Å². The Kier molecular flexibility index (Phi) is 13.3. The molecule has 2 aromatic heterocycles. The number of anilines is 2. The Bertz CT molecular complexity index is 1900. The fourth-order valence-electron chi connectivity index (χ4n) is 5.83. The summed E-state index contributed by atoms with van der Waals surface area (Å²) in [6, 6.07) is 11.0. The number of rotatable bonds is 11. The zero-order valence-corrected chi connectivity index (χ0v) is 33.0. The van der Waals surface area contributed by atoms with Crippen molar-refractivity contribution in [2.24, 2.45) is 17.3 Å². The average Bonchev–Trinajstić information content (AvgIpc) is 3.50. The number of benzene rings is 1. The lowest BCUT2D eigenvalue weighted by Gasteiger charge is -2.28. The topological polar surface area (TPSA) is 184 Å². The van der Waals surface area contributed by atoms with Gasteiger partial charge in [-0.1, -0.05) is 44.1 Å². The summed E-state index contributed by atoms with van der Waals surface area (Å²) in [7, 11) is -7.24. The van der Waals surface area contributed by atoms with Crippen molar-refractivity contribution in [3.63, 3.8) is 0 Å². The first-order valence-corrected chi connectivity index (χ1v) is 21.0. The van der Waals surface area contributed by atoms with E-state index in [1.807, 2.05) is 24.3 Å². The molecule has 2 aliphatic heterocycles. The number of nitrogens with zero attached hydrogens (tertiary/aromatic N) is 2. The molecule has 5 rings (SSSR count). The van der Waals surface area contributed by atoms with Crippen molar-refractivity contribution in [2.45, 2.75) is 90.1 Å². The molecule has 2 aliphatic rings. The van der Waals surface area contributed by atoms with E-state index in [0.29, 0.717) is 64.2 Å². The van der Waals surface area contributed by atoms with Crippen LogP contribution in [0.4, 0.5) is 11.6 Å². The smallest absolute Gasteiger partial charge is 0.247 e. The molecule has 3 aromatic rings. The molecule has 2 fully saturated rings. The van der Waals surface area contributed by atoms with E-state index < -0.39 is 41.0 Å². The standard InChI is InChI=1S/C19H24N2O4S.C18H30N2O5S/c1-19(2,26(23,24)13-14-7-9-25-10-8-14)18(22)21-16-11-15-5-3-4-6-17(15)20-12-16;1-17(2,3)11-14-10-15(25-20-14)19-16(21)18(4,5)26(22,23)12-13-6-8-24-9-7-13/h3-6,11-12,14H,7-10,13H2,1-2H3,(H,21,22);10,13H,6-9,11-12H2,1-5H3,(H,19,21). The van der Waals surface area contributed by atoms with Crippen LogP contribution in [-0.2, 0) is 45.2 Å². The molecule has 15 heteroatoms. The molecule has 0 atom stereocenters. The van der Waals surface area contributed by atoms with Gasteiger partial charge in [0.05, 0.1) is 34.6 Å². The second-order valence-electron chi connectivity index (χ2n) is 15.9. The molecule has 0 unspecified atom stereocenters. The van der Waals surface area contributed by atoms with Crippen LogP contribution in [0.1, 0.15) is 79.8 Å². The second kappa shape index (κ2) is 16.7. The predicted molar refractivity (Wildman–Crippen MR) is 201 cm³/mol. The van der Waals surface area contributed by atoms with E-state index in [2.05, 4.69) is 41.5 Å². The van der Waals surface area contributed by atoms with E-state index in [-0.39, 0.29) is 34.6 Å². The van der Waals surface area contributed by atoms with Gasteiger partial charge >= 0.3 is 0 Å². The number of nitrogens with one attached hydrogen (secondary N) is 2. The van der Waals surface area contributed by atoms with Crippen LogP contribution in [0.2, 0.25) is 0 Å². The minimum Gasteiger partial charge on any atom is -0.381 e. The number of para-hydroxylation sites is 1. The molecule has 0 saturated carbocycles. The van der Waals surface area contributed by atoms with E-state index in [1.165, 1.54) is 27.7 Å². The summed E-state index contributed by atoms with van der Waals surface area (Å²) < 4.78 is 63.9. The van der Waals surface area contributed by atoms with Gasteiger partial charge in [-0.05, 0) is 89.2 Å². The summed E-state index contributed by atoms with van der Waals surface area (Å²) in [6.07, 6.45) is 5.07. The van der Waals surface area contributed by atoms with Crippen molar-refractivity contribution < 1.29 is 40.4 Å². The van der Waals surface area contributed by atoms with Crippen LogP contribution in [0.3, 0.4) is 0 Å². The van der Waals surface area contributed by atoms with Crippen molar-refractivity contribution >= 4 is 54.0 Å². The first-order chi connectivity index (χ1) is 24.2. The monoisotopic (exact) mass is 762 g/mol. The Hall–Kier alpha value is -3.40. The van der Waals surface area contributed by atoms with Crippen LogP contribution in [0, 0.1) is 17.3 Å². The highest BCUT2D eigenvalue weighted by Gasteiger charge is 2.44. The number of aromatic nitrogens is 2. The second-order valence-corrected chi connectivity index (χ2v) is 21.1. The van der Waals surface area contributed by atoms with Gasteiger partial charge in [-0.15, -0.1) is 0 Å². The van der Waals surface area contributed by atoms with Crippen molar-refractivity contribution in [3.8, 4) is 0 Å². The van der Waals surface area contributed by atoms with Gasteiger partial charge in [0.1, 0.15) is 9.49 Å². The third-order valence-corrected chi connectivity index (χ3v) is 14.9. The molecule has 0 bridgehead atoms. The minimum atomic E-state index is -3.63. The van der Waals surface area contributed by atoms with E-state index >= 15 is 0 Å². The minimum absolute atomic E-state index is 0.00670. The number of sulfone groups is 2. The molecule has 0 spiro atoms. The summed E-state index contributed by atoms with van der Waals surface area (Å²) in [6.45, 7) is 14.3. The maximum absolute atomic E-state index is 12.8. The summed E-state index contributed by atoms with van der Waals surface area (Å²) in [5, 5.41) is 10.1. The Morgan fingerprint density at radius 3 is 1.77 bits per heavy atom. The van der Waals surface area contributed by atoms with E-state index in [4.69, 9.17) is 14.0 Å². The molecule has 2 N–H and O–H groups in total. The van der Waals surface area contributed by atoms with Crippen molar-refractivity contribution in [1.29, 1.82) is 0 Å². The number of pyridine rings is 1. The largest absolute Gasteiger partial charge is 0.381 e. The predicted octanol–water partition coefficient (Wildman–Crippen LogP) is 5.62. The molecular weight excluding hydrogens is 709 g/mol. The van der Waals surface area contributed by atoms with Gasteiger partial charge in [-0.3, -0.25) is 19.9 Å². The normalized spacial score (nSPS) is 16.9. The van der Waals surface area contributed by atoms with Crippen LogP contribution in [0.15, 0.2) is 47.1 Å². The first-order valence-electron chi connectivity index (χ1n) is 17.7. The summed E-state index contributed by atoms with van der Waals surface area (Å²) in [5.74, 6) is -0.907. The Labute approximate surface area is 307 Å². The van der Waals surface area contributed by atoms with Crippen LogP contribution < -0.4 is 10.6 Å². The van der Waals surface area contributed by atoms with E-state index in [1.54, 1.807) is 18.3 Å². The molecule has 1 aromatic carbocycles. The molecule has 2 saturated heterocycles. The molecular formula is C37H54N4O9S2. The molecule has 0 radical (unpaired) electrons. The third-order valence-electron chi connectivity index (χ3n) is 9.60. The van der Waals surface area contributed by atoms with E-state index in [0.717, 1.165) is 16.6 Å². The number of ether oxygens (including phenoxy) is 2. The number of hydrogen-bond donors (Lipinski definition) is 2. The molecule has 13 nitrogen and oxygen atoms in total. The van der Waals surface area contributed by atoms with Crippen molar-refractivity contribution in [3.05, 3.63) is 48.3 Å². The number of carbonyl (C=O) groups is 2. The van der Waals surface area contributed by atoms with Crippen molar-refractivity contribution in [1.82, 2.24) is 10.1 Å². The van der Waals surface area contributed by atoms with Crippen molar-refractivity contribution in [2.75, 3.05) is 48.6 Å². The van der Waals surface area contributed by atoms with Crippen LogP contribution in [0.5, 0.6) is 0 Å². The SMILES string of the molecule is CC(C)(C(=O)Nc1cnc2ccccc2c1)S(=O)(=O)CC1CCOCC1.CC(C)(C)Cc1cc(NC(=O)C(C)(C)S(=O)(=O)CC2CCOCC2)on1. The Morgan fingerprint density at radius 2 is 1.25 bits per heavy atom. The fraction of sp³-hybridized carbons (Fsp3) is 0.622. The first kappa shape index (κ1) is 41.4. The Morgan fingerprint density at radius 1 is 0.750 bits per heavy atom. The molecule has 2 amide bonds. The highest BCUT2D eigenvalue weighted by molar-refractivity contribution is 7.93. The highest BCUT2D eigenvalue weighted by Crippen LogP contribution is 2.29. The average molecular weight is 763 g/mol. The highest BCUT2D eigenvalue weighted by atomic mass is 32.2. The number of amides is 2. The van der Waals surface area contributed by atoms with Gasteiger partial charge in [-0.2, -0.15) is 0 Å². The van der Waals surface area contributed by atoms with Crippen LogP contribution in [-0.4, -0.2) is 86.2 Å². The lowest BCUT2D eigenvalue weighted by molar-refractivity contribution is -0.118. The maximum Gasteiger partial charge on any atom is 0.247 e. The van der Waals surface area contributed by atoms with Gasteiger partial charge < -0.3 is 19.3 Å². The van der Waals surface area contributed by atoms with Crippen LogP contribution in [0.25, 0.3) is 10.9 Å². The zero-order chi connectivity index (χ0) is 38.4. The summed E-state index contributed by atoms with van der Waals surface area (Å²) >= 11 is 0. The van der Waals surface area contributed by atoms with Gasteiger partial charge in [0.15, 0.2) is 19.7 Å². The van der Waals surface area contributed by atoms with Gasteiger partial charge in [-0.25, -0.2) is 16.8 Å². The Balaban J connectivity index is 0.000000233. The quantitative estimate of drug-likeness (QED) is 0.247. The number of hydrogen-bond acceptors (Lipinski definition) is 11. The summed E-state index contributed by atoms with van der Waals surface area (Å²) in [5.41, 5.74) is 2.06. The molecule has 52 heavy (non-hydrogen) atoms. The molecule has 288 valence electrons. The van der Waals surface area contributed by atoms with Gasteiger partial charge in [0.2, 0.25) is 17.7 Å². The maximum atomic E-state index is 12.8. The molecule has 0 aliphatic carbocycles. The zero-order valence-electron chi connectivity index (χ0n) is 31.4.